The number of halogens is 1. The molecule has 3 rings (SSSR count). The molecule has 0 aliphatic carbocycles. The molecule has 0 aromatic heterocycles. The van der Waals surface area contributed by atoms with Crippen LogP contribution in [0.1, 0.15) is 21.5 Å². The summed E-state index contributed by atoms with van der Waals surface area (Å²) in [6.07, 6.45) is 1.31. The largest absolute Gasteiger partial charge is 0.496 e. The molecule has 1 aliphatic rings. The molecule has 1 aliphatic heterocycles. The van der Waals surface area contributed by atoms with E-state index in [1.54, 1.807) is 7.11 Å². The highest BCUT2D eigenvalue weighted by Gasteiger charge is 2.19. The summed E-state index contributed by atoms with van der Waals surface area (Å²) in [4.78, 5) is 11.6. The first kappa shape index (κ1) is 14.1. The number of carbonyl (C=O) groups is 1. The summed E-state index contributed by atoms with van der Waals surface area (Å²) < 4.78 is 5.39. The summed E-state index contributed by atoms with van der Waals surface area (Å²) >= 11 is 3.75. The van der Waals surface area contributed by atoms with Crippen molar-refractivity contribution in [1.82, 2.24) is 0 Å². The van der Waals surface area contributed by atoms with Crippen LogP contribution in [0.5, 0.6) is 5.75 Å². The lowest BCUT2D eigenvalue weighted by atomic mass is 10.0. The molecule has 2 aromatic carbocycles. The number of amides is 1. The van der Waals surface area contributed by atoms with E-state index in [0.717, 1.165) is 29.0 Å². The van der Waals surface area contributed by atoms with Crippen molar-refractivity contribution in [3.8, 4) is 5.75 Å². The maximum Gasteiger partial charge on any atom is 0.228 e. The number of nitrogens with one attached hydrogen (secondary N) is 1. The minimum Gasteiger partial charge on any atom is -0.496 e. The third-order valence-corrected chi connectivity index (χ3v) is 4.56. The number of alkyl halides is 1. The Morgan fingerprint density at radius 3 is 2.90 bits per heavy atom. The first-order chi connectivity index (χ1) is 10.2. The highest BCUT2D eigenvalue weighted by atomic mass is 79.9. The Morgan fingerprint density at radius 2 is 2.10 bits per heavy atom. The molecular weight excluding hydrogens is 330 g/mol. The number of para-hydroxylation sites is 1. The molecule has 1 heterocycles. The maximum atomic E-state index is 11.4. The van der Waals surface area contributed by atoms with Gasteiger partial charge in [0.1, 0.15) is 5.75 Å². The van der Waals surface area contributed by atoms with Crippen LogP contribution in [0.15, 0.2) is 42.5 Å². The zero-order valence-corrected chi connectivity index (χ0v) is 13.3. The van der Waals surface area contributed by atoms with Gasteiger partial charge in [-0.25, -0.2) is 0 Å². The monoisotopic (exact) mass is 345 g/mol. The van der Waals surface area contributed by atoms with E-state index in [0.29, 0.717) is 6.42 Å². The molecule has 1 N–H and O–H groups in total. The SMILES string of the molecule is COc1ccccc1CC(Br)c1ccc2c(c1)CC(=O)N2. The van der Waals surface area contributed by atoms with Crippen molar-refractivity contribution in [3.63, 3.8) is 0 Å². The zero-order chi connectivity index (χ0) is 14.8. The Morgan fingerprint density at radius 1 is 1.29 bits per heavy atom. The molecule has 0 bridgehead atoms. The van der Waals surface area contributed by atoms with Crippen molar-refractivity contribution < 1.29 is 9.53 Å². The molecule has 0 fully saturated rings. The van der Waals surface area contributed by atoms with Crippen molar-refractivity contribution in [2.45, 2.75) is 17.7 Å². The second-order valence-corrected chi connectivity index (χ2v) is 6.23. The minimum absolute atomic E-state index is 0.0676. The number of methoxy groups -OCH3 is 1. The van der Waals surface area contributed by atoms with Gasteiger partial charge in [0.2, 0.25) is 5.91 Å². The summed E-state index contributed by atoms with van der Waals surface area (Å²) in [6, 6.07) is 14.2. The van der Waals surface area contributed by atoms with Gasteiger partial charge in [-0.3, -0.25) is 4.79 Å². The van der Waals surface area contributed by atoms with E-state index in [1.807, 2.05) is 24.3 Å². The summed E-state index contributed by atoms with van der Waals surface area (Å²) in [5, 5.41) is 2.86. The quantitative estimate of drug-likeness (QED) is 0.854. The average Bonchev–Trinajstić information content (AvgIpc) is 2.86. The molecule has 1 amide bonds. The van der Waals surface area contributed by atoms with E-state index < -0.39 is 0 Å². The molecule has 2 aromatic rings. The number of ether oxygens (including phenoxy) is 1. The topological polar surface area (TPSA) is 38.3 Å². The molecule has 4 heteroatoms. The van der Waals surface area contributed by atoms with Crippen LogP contribution in [0, 0.1) is 0 Å². The van der Waals surface area contributed by atoms with E-state index in [-0.39, 0.29) is 10.7 Å². The third kappa shape index (κ3) is 2.95. The van der Waals surface area contributed by atoms with Crippen molar-refractivity contribution in [1.29, 1.82) is 0 Å². The normalized spacial score (nSPS) is 14.5. The van der Waals surface area contributed by atoms with Crippen LogP contribution in [0.2, 0.25) is 0 Å². The Hall–Kier alpha value is -1.81. The fraction of sp³-hybridized carbons (Fsp3) is 0.235. The number of hydrogen-bond donors (Lipinski definition) is 1. The Kier molecular flexibility index (Phi) is 3.97. The van der Waals surface area contributed by atoms with Crippen LogP contribution in [0.4, 0.5) is 5.69 Å². The number of rotatable bonds is 4. The van der Waals surface area contributed by atoms with Crippen LogP contribution >= 0.6 is 15.9 Å². The van der Waals surface area contributed by atoms with E-state index in [4.69, 9.17) is 4.74 Å². The van der Waals surface area contributed by atoms with Gasteiger partial charge in [0.15, 0.2) is 0 Å². The second-order valence-electron chi connectivity index (χ2n) is 5.13. The summed E-state index contributed by atoms with van der Waals surface area (Å²) in [7, 11) is 1.69. The number of carbonyl (C=O) groups excluding carboxylic acids is 1. The Bertz CT molecular complexity index is 684. The number of anilines is 1. The van der Waals surface area contributed by atoms with Crippen LogP contribution in [0.25, 0.3) is 0 Å². The van der Waals surface area contributed by atoms with E-state index in [2.05, 4.69) is 39.4 Å². The molecule has 1 atom stereocenters. The van der Waals surface area contributed by atoms with Crippen molar-refractivity contribution in [2.75, 3.05) is 12.4 Å². The lowest BCUT2D eigenvalue weighted by molar-refractivity contribution is -0.115. The molecule has 0 saturated heterocycles. The van der Waals surface area contributed by atoms with Gasteiger partial charge in [0.25, 0.3) is 0 Å². The van der Waals surface area contributed by atoms with Crippen LogP contribution in [-0.2, 0) is 17.6 Å². The second kappa shape index (κ2) is 5.90. The van der Waals surface area contributed by atoms with Gasteiger partial charge in [-0.2, -0.15) is 0 Å². The lowest BCUT2D eigenvalue weighted by Gasteiger charge is -2.14. The zero-order valence-electron chi connectivity index (χ0n) is 11.7. The fourth-order valence-corrected chi connectivity index (χ4v) is 3.26. The molecule has 108 valence electrons. The third-order valence-electron chi connectivity index (χ3n) is 3.71. The predicted octanol–water partition coefficient (Wildman–Crippen LogP) is 3.87. The number of fused-ring (bicyclic) bond motifs is 1. The van der Waals surface area contributed by atoms with Crippen molar-refractivity contribution >= 4 is 27.5 Å². The molecule has 21 heavy (non-hydrogen) atoms. The average molecular weight is 346 g/mol. The van der Waals surface area contributed by atoms with Crippen LogP contribution < -0.4 is 10.1 Å². The lowest BCUT2D eigenvalue weighted by Crippen LogP contribution is -2.03. The van der Waals surface area contributed by atoms with Crippen LogP contribution in [-0.4, -0.2) is 13.0 Å². The van der Waals surface area contributed by atoms with Gasteiger partial charge in [-0.1, -0.05) is 46.3 Å². The maximum absolute atomic E-state index is 11.4. The summed E-state index contributed by atoms with van der Waals surface area (Å²) in [6.45, 7) is 0. The highest BCUT2D eigenvalue weighted by Crippen LogP contribution is 2.34. The number of benzene rings is 2. The molecule has 0 saturated carbocycles. The van der Waals surface area contributed by atoms with E-state index in [9.17, 15) is 4.79 Å². The molecule has 0 spiro atoms. The highest BCUT2D eigenvalue weighted by molar-refractivity contribution is 9.09. The molecule has 3 nitrogen and oxygen atoms in total. The van der Waals surface area contributed by atoms with Gasteiger partial charge in [-0.15, -0.1) is 0 Å². The van der Waals surface area contributed by atoms with Gasteiger partial charge < -0.3 is 10.1 Å². The smallest absolute Gasteiger partial charge is 0.228 e. The van der Waals surface area contributed by atoms with Crippen LogP contribution in [0.3, 0.4) is 0 Å². The Balaban J connectivity index is 1.81. The molecular formula is C17H16BrNO2. The van der Waals surface area contributed by atoms with Gasteiger partial charge in [-0.05, 0) is 35.2 Å². The van der Waals surface area contributed by atoms with E-state index >= 15 is 0 Å². The van der Waals surface area contributed by atoms with Gasteiger partial charge >= 0.3 is 0 Å². The predicted molar refractivity (Wildman–Crippen MR) is 87.1 cm³/mol. The first-order valence-electron chi connectivity index (χ1n) is 6.86. The minimum atomic E-state index is 0.0676. The number of hydrogen-bond acceptors (Lipinski definition) is 2. The fourth-order valence-electron chi connectivity index (χ4n) is 2.63. The first-order valence-corrected chi connectivity index (χ1v) is 7.77. The standard InChI is InChI=1S/C17H16BrNO2/c1-21-16-5-3-2-4-12(16)9-14(18)11-6-7-15-13(8-11)10-17(20)19-15/h2-8,14H,9-10H2,1H3,(H,19,20). The van der Waals surface area contributed by atoms with Gasteiger partial charge in [0, 0.05) is 10.5 Å². The Labute approximate surface area is 132 Å². The summed E-state index contributed by atoms with van der Waals surface area (Å²) in [5.74, 6) is 0.970. The summed E-state index contributed by atoms with van der Waals surface area (Å²) in [5.41, 5.74) is 4.34. The van der Waals surface area contributed by atoms with Crippen molar-refractivity contribution in [3.05, 3.63) is 59.2 Å². The molecule has 1 unspecified atom stereocenters. The van der Waals surface area contributed by atoms with Gasteiger partial charge in [0.05, 0.1) is 13.5 Å². The molecule has 0 radical (unpaired) electrons. The van der Waals surface area contributed by atoms with E-state index in [1.165, 1.54) is 5.56 Å². The van der Waals surface area contributed by atoms with Crippen molar-refractivity contribution in [2.24, 2.45) is 0 Å².